The highest BCUT2D eigenvalue weighted by atomic mass is 15.3. The lowest BCUT2D eigenvalue weighted by molar-refractivity contribution is 0.210. The summed E-state index contributed by atoms with van der Waals surface area (Å²) in [5.41, 5.74) is 0. The van der Waals surface area contributed by atoms with Crippen LogP contribution in [0.3, 0.4) is 0 Å². The molecule has 6 heteroatoms. The van der Waals surface area contributed by atoms with Gasteiger partial charge in [0.1, 0.15) is 0 Å². The largest absolute Gasteiger partial charge is 0.304 e. The van der Waals surface area contributed by atoms with Gasteiger partial charge in [0.05, 0.1) is 0 Å². The highest BCUT2D eigenvalue weighted by Gasteiger charge is 2.14. The second-order valence-electron chi connectivity index (χ2n) is 8.60. The van der Waals surface area contributed by atoms with E-state index in [2.05, 4.69) is 57.6 Å². The van der Waals surface area contributed by atoms with Crippen LogP contribution in [0, 0.1) is 0 Å². The van der Waals surface area contributed by atoms with Gasteiger partial charge < -0.3 is 29.4 Å². The van der Waals surface area contributed by atoms with Crippen molar-refractivity contribution in [3.63, 3.8) is 0 Å². The lowest BCUT2D eigenvalue weighted by Crippen LogP contribution is -2.37. The molecule has 154 valence electrons. The predicted molar refractivity (Wildman–Crippen MR) is 112 cm³/mol. The van der Waals surface area contributed by atoms with Crippen LogP contribution in [0.5, 0.6) is 0 Å². The normalized spacial score (nSPS) is 25.8. The minimum Gasteiger partial charge on any atom is -0.304 e. The molecule has 2 rings (SSSR count). The number of hydrogen-bond donors (Lipinski definition) is 0. The fourth-order valence-corrected chi connectivity index (χ4v) is 3.72. The summed E-state index contributed by atoms with van der Waals surface area (Å²) in [5.74, 6) is 0. The first-order valence-electron chi connectivity index (χ1n) is 10.7. The van der Waals surface area contributed by atoms with Gasteiger partial charge in [-0.2, -0.15) is 0 Å². The Kier molecular flexibility index (Phi) is 10.4. The van der Waals surface area contributed by atoms with Crippen molar-refractivity contribution in [3.05, 3.63) is 0 Å². The van der Waals surface area contributed by atoms with Crippen molar-refractivity contribution in [1.82, 2.24) is 29.4 Å². The molecule has 0 spiro atoms. The molecule has 2 aliphatic heterocycles. The molecule has 0 aromatic rings. The summed E-state index contributed by atoms with van der Waals surface area (Å²) in [5, 5.41) is 0. The van der Waals surface area contributed by atoms with Crippen LogP contribution in [-0.4, -0.2) is 149 Å². The van der Waals surface area contributed by atoms with E-state index in [1.807, 2.05) is 0 Å². The number of rotatable bonds is 5. The molecule has 0 bridgehead atoms. The molecule has 2 heterocycles. The Hall–Kier alpha value is -0.240. The van der Waals surface area contributed by atoms with Crippen LogP contribution in [0.1, 0.15) is 12.8 Å². The van der Waals surface area contributed by atoms with Gasteiger partial charge in [-0.1, -0.05) is 0 Å². The number of likely N-dealkylation sites (N-methyl/N-ethyl adjacent to an activating group) is 4. The SMILES string of the molecule is CN1CCN(C)CCN(CCCCN2CCN(C)CCN(C)CC2)CC1. The van der Waals surface area contributed by atoms with Crippen molar-refractivity contribution in [1.29, 1.82) is 0 Å². The molecule has 0 aromatic heterocycles. The quantitative estimate of drug-likeness (QED) is 0.638. The smallest absolute Gasteiger partial charge is 0.0110 e. The van der Waals surface area contributed by atoms with Crippen LogP contribution in [0.2, 0.25) is 0 Å². The van der Waals surface area contributed by atoms with Crippen LogP contribution >= 0.6 is 0 Å². The average molecular weight is 369 g/mol. The van der Waals surface area contributed by atoms with Gasteiger partial charge in [-0.3, -0.25) is 0 Å². The lowest BCUT2D eigenvalue weighted by Gasteiger charge is -2.26. The number of hydrogen-bond acceptors (Lipinski definition) is 6. The molecule has 0 N–H and O–H groups in total. The van der Waals surface area contributed by atoms with E-state index < -0.39 is 0 Å². The summed E-state index contributed by atoms with van der Waals surface area (Å²) in [4.78, 5) is 15.3. The van der Waals surface area contributed by atoms with Crippen LogP contribution in [-0.2, 0) is 0 Å². The van der Waals surface area contributed by atoms with Gasteiger partial charge in [0, 0.05) is 78.5 Å². The second kappa shape index (κ2) is 12.3. The summed E-state index contributed by atoms with van der Waals surface area (Å²) in [6.07, 6.45) is 2.66. The Bertz CT molecular complexity index is 304. The van der Waals surface area contributed by atoms with E-state index in [1.165, 1.54) is 104 Å². The van der Waals surface area contributed by atoms with E-state index in [0.717, 1.165) is 0 Å². The lowest BCUT2D eigenvalue weighted by atomic mass is 10.2. The average Bonchev–Trinajstić information content (AvgIpc) is 2.75. The third kappa shape index (κ3) is 9.11. The molecular formula is C20H44N6. The van der Waals surface area contributed by atoms with E-state index in [-0.39, 0.29) is 0 Å². The van der Waals surface area contributed by atoms with Gasteiger partial charge in [-0.05, 0) is 54.1 Å². The summed E-state index contributed by atoms with van der Waals surface area (Å²) >= 11 is 0. The Morgan fingerprint density at radius 2 is 0.615 bits per heavy atom. The van der Waals surface area contributed by atoms with E-state index in [4.69, 9.17) is 0 Å². The molecule has 0 aliphatic carbocycles. The van der Waals surface area contributed by atoms with E-state index in [1.54, 1.807) is 0 Å². The Morgan fingerprint density at radius 1 is 0.385 bits per heavy atom. The monoisotopic (exact) mass is 368 g/mol. The molecule has 2 fully saturated rings. The summed E-state index contributed by atoms with van der Waals surface area (Å²) in [6, 6.07) is 0. The third-order valence-corrected chi connectivity index (χ3v) is 6.12. The first-order valence-corrected chi connectivity index (χ1v) is 10.7. The van der Waals surface area contributed by atoms with Crippen LogP contribution < -0.4 is 0 Å². The molecule has 0 atom stereocenters. The van der Waals surface area contributed by atoms with Gasteiger partial charge in [-0.25, -0.2) is 0 Å². The topological polar surface area (TPSA) is 19.4 Å². The molecule has 0 aromatic carbocycles. The van der Waals surface area contributed by atoms with E-state index in [0.29, 0.717) is 0 Å². The molecule has 26 heavy (non-hydrogen) atoms. The van der Waals surface area contributed by atoms with Crippen molar-refractivity contribution >= 4 is 0 Å². The van der Waals surface area contributed by atoms with Gasteiger partial charge in [0.15, 0.2) is 0 Å². The van der Waals surface area contributed by atoms with E-state index >= 15 is 0 Å². The number of nitrogens with zero attached hydrogens (tertiary/aromatic N) is 6. The standard InChI is InChI=1S/C20H44N6/c1-21-9-10-22(2)14-18-25(17-13-21)7-5-6-8-26-19-15-23(3)11-12-24(4)16-20-26/h5-20H2,1-4H3. The molecule has 6 nitrogen and oxygen atoms in total. The van der Waals surface area contributed by atoms with Crippen molar-refractivity contribution in [2.75, 3.05) is 120 Å². The number of unbranched alkanes of at least 4 members (excludes halogenated alkanes) is 1. The summed E-state index contributed by atoms with van der Waals surface area (Å²) < 4.78 is 0. The highest BCUT2D eigenvalue weighted by Crippen LogP contribution is 2.03. The zero-order valence-electron chi connectivity index (χ0n) is 18.0. The Labute approximate surface area is 162 Å². The molecular weight excluding hydrogens is 324 g/mol. The van der Waals surface area contributed by atoms with Crippen molar-refractivity contribution in [2.24, 2.45) is 0 Å². The molecule has 2 saturated heterocycles. The van der Waals surface area contributed by atoms with Crippen molar-refractivity contribution in [3.8, 4) is 0 Å². The zero-order chi connectivity index (χ0) is 18.8. The van der Waals surface area contributed by atoms with Crippen LogP contribution in [0.15, 0.2) is 0 Å². The van der Waals surface area contributed by atoms with Crippen LogP contribution in [0.4, 0.5) is 0 Å². The van der Waals surface area contributed by atoms with Gasteiger partial charge in [0.2, 0.25) is 0 Å². The minimum atomic E-state index is 1.20. The molecule has 0 unspecified atom stereocenters. The second-order valence-corrected chi connectivity index (χ2v) is 8.60. The van der Waals surface area contributed by atoms with Crippen LogP contribution in [0.25, 0.3) is 0 Å². The predicted octanol–water partition coefficient (Wildman–Crippen LogP) is 0.125. The van der Waals surface area contributed by atoms with Crippen molar-refractivity contribution < 1.29 is 0 Å². The molecule has 0 amide bonds. The summed E-state index contributed by atoms with van der Waals surface area (Å²) in [6.45, 7) is 17.0. The van der Waals surface area contributed by atoms with Crippen molar-refractivity contribution in [2.45, 2.75) is 12.8 Å². The molecule has 0 saturated carbocycles. The third-order valence-electron chi connectivity index (χ3n) is 6.12. The molecule has 2 aliphatic rings. The fourth-order valence-electron chi connectivity index (χ4n) is 3.72. The Morgan fingerprint density at radius 3 is 0.885 bits per heavy atom. The van der Waals surface area contributed by atoms with Gasteiger partial charge in [-0.15, -0.1) is 0 Å². The maximum atomic E-state index is 2.68. The molecule has 0 radical (unpaired) electrons. The summed E-state index contributed by atoms with van der Waals surface area (Å²) in [7, 11) is 9.04. The Balaban J connectivity index is 1.67. The zero-order valence-corrected chi connectivity index (χ0v) is 18.0. The fraction of sp³-hybridized carbons (Fsp3) is 1.00. The first-order chi connectivity index (χ1) is 12.5. The maximum Gasteiger partial charge on any atom is 0.0110 e. The van der Waals surface area contributed by atoms with E-state index in [9.17, 15) is 0 Å². The minimum absolute atomic E-state index is 1.20. The maximum absolute atomic E-state index is 2.68. The first kappa shape index (κ1) is 22.1. The van der Waals surface area contributed by atoms with Gasteiger partial charge in [0.25, 0.3) is 0 Å². The van der Waals surface area contributed by atoms with Gasteiger partial charge >= 0.3 is 0 Å². The highest BCUT2D eigenvalue weighted by molar-refractivity contribution is 4.70.